The van der Waals surface area contributed by atoms with Gasteiger partial charge in [0.15, 0.2) is 0 Å². The molecule has 0 aliphatic carbocycles. The monoisotopic (exact) mass is 350 g/mol. The van der Waals surface area contributed by atoms with Crippen LogP contribution in [0.1, 0.15) is 5.56 Å². The third kappa shape index (κ3) is 4.31. The van der Waals surface area contributed by atoms with E-state index in [0.717, 1.165) is 27.4 Å². The zero-order valence-electron chi connectivity index (χ0n) is 13.6. The van der Waals surface area contributed by atoms with E-state index < -0.39 is 0 Å². The molecule has 5 N–H and O–H groups in total. The van der Waals surface area contributed by atoms with Gasteiger partial charge in [-0.2, -0.15) is 0 Å². The highest BCUT2D eigenvalue weighted by molar-refractivity contribution is 6.30. The van der Waals surface area contributed by atoms with Crippen LogP contribution in [0.15, 0.2) is 73.1 Å². The van der Waals surface area contributed by atoms with Crippen molar-refractivity contribution in [1.82, 2.24) is 4.98 Å². The molecular formula is C20H19ClN4. The number of benzene rings is 2. The summed E-state index contributed by atoms with van der Waals surface area (Å²) in [6, 6.07) is 19.1. The number of aromatic nitrogens is 1. The summed E-state index contributed by atoms with van der Waals surface area (Å²) >= 11 is 5.92. The Kier molecular flexibility index (Phi) is 5.21. The van der Waals surface area contributed by atoms with E-state index in [1.807, 2.05) is 60.7 Å². The molecule has 0 bridgehead atoms. The summed E-state index contributed by atoms with van der Waals surface area (Å²) in [6.07, 6.45) is 4.15. The average Bonchev–Trinajstić information content (AvgIpc) is 2.64. The molecule has 0 unspecified atom stereocenters. The molecule has 0 aliphatic rings. The fraction of sp³-hybridized carbons (Fsp3) is 0.0500. The first kappa shape index (κ1) is 16.9. The van der Waals surface area contributed by atoms with Crippen molar-refractivity contribution in [2.45, 2.75) is 6.42 Å². The maximum Gasteiger partial charge on any atom is 0.109 e. The molecule has 25 heavy (non-hydrogen) atoms. The minimum Gasteiger partial charge on any atom is -0.401 e. The fourth-order valence-electron chi connectivity index (χ4n) is 2.57. The Morgan fingerprint density at radius 1 is 0.880 bits per heavy atom. The Bertz CT molecular complexity index is 967. The highest BCUT2D eigenvalue weighted by atomic mass is 35.5. The molecule has 5 heteroatoms. The largest absolute Gasteiger partial charge is 0.401 e. The molecule has 0 fully saturated rings. The first-order valence-corrected chi connectivity index (χ1v) is 8.26. The molecule has 1 heterocycles. The molecule has 1 aromatic heterocycles. The number of pyridine rings is 1. The Balaban J connectivity index is 2.02. The van der Waals surface area contributed by atoms with Crippen LogP contribution in [0, 0.1) is 0 Å². The molecule has 0 aliphatic heterocycles. The third-order valence-corrected chi connectivity index (χ3v) is 4.08. The number of rotatable bonds is 4. The van der Waals surface area contributed by atoms with Gasteiger partial charge < -0.3 is 16.8 Å². The maximum atomic E-state index is 6.36. The molecule has 4 nitrogen and oxygen atoms in total. The minimum atomic E-state index is 0.538. The summed E-state index contributed by atoms with van der Waals surface area (Å²) in [4.78, 5) is 4.03. The van der Waals surface area contributed by atoms with Crippen LogP contribution in [-0.4, -0.2) is 4.98 Å². The quantitative estimate of drug-likeness (QED) is 0.674. The highest BCUT2D eigenvalue weighted by Gasteiger charge is 2.01. The first-order chi connectivity index (χ1) is 12.1. The molecule has 0 saturated carbocycles. The second-order valence-electron chi connectivity index (χ2n) is 5.65. The third-order valence-electron chi connectivity index (χ3n) is 3.83. The standard InChI is InChI=1S/C20H19ClN4/c21-15-5-7-16(8-6-15)25-20(23)18-4-2-1-3-17(18)19(22)13-14-9-11-24-12-10-14/h1-12,25H,13,22-23H2/b19-17-,20-18+. The second kappa shape index (κ2) is 7.73. The number of nitrogens with zero attached hydrogens (tertiary/aromatic N) is 1. The number of anilines is 1. The number of nitrogens with one attached hydrogen (secondary N) is 1. The summed E-state index contributed by atoms with van der Waals surface area (Å²) in [5.74, 6) is 0.538. The van der Waals surface area contributed by atoms with E-state index in [2.05, 4.69) is 10.3 Å². The lowest BCUT2D eigenvalue weighted by Gasteiger charge is -2.08. The Morgan fingerprint density at radius 2 is 1.52 bits per heavy atom. The molecule has 0 radical (unpaired) electrons. The summed E-state index contributed by atoms with van der Waals surface area (Å²) < 4.78 is 0. The van der Waals surface area contributed by atoms with Crippen LogP contribution in [-0.2, 0) is 6.42 Å². The first-order valence-electron chi connectivity index (χ1n) is 7.88. The number of halogens is 1. The molecule has 3 rings (SSSR count). The maximum absolute atomic E-state index is 6.36. The lowest BCUT2D eigenvalue weighted by molar-refractivity contribution is 1.18. The van der Waals surface area contributed by atoms with E-state index in [9.17, 15) is 0 Å². The highest BCUT2D eigenvalue weighted by Crippen LogP contribution is 2.13. The number of nitrogens with two attached hydrogens (primary N) is 2. The van der Waals surface area contributed by atoms with Crippen LogP contribution < -0.4 is 27.2 Å². The van der Waals surface area contributed by atoms with E-state index in [0.29, 0.717) is 17.3 Å². The van der Waals surface area contributed by atoms with Crippen molar-refractivity contribution in [3.63, 3.8) is 0 Å². The van der Waals surface area contributed by atoms with Gasteiger partial charge in [0, 0.05) is 45.7 Å². The number of hydrogen-bond acceptors (Lipinski definition) is 4. The molecule has 2 aromatic carbocycles. The predicted molar refractivity (Wildman–Crippen MR) is 104 cm³/mol. The summed E-state index contributed by atoms with van der Waals surface area (Å²) in [6.45, 7) is 0. The van der Waals surface area contributed by atoms with Crippen LogP contribution >= 0.6 is 11.6 Å². The van der Waals surface area contributed by atoms with Gasteiger partial charge in [-0.05, 0) is 42.0 Å². The normalized spacial score (nSPS) is 13.2. The average molecular weight is 351 g/mol. The topological polar surface area (TPSA) is 77.0 Å². The Morgan fingerprint density at radius 3 is 2.20 bits per heavy atom. The van der Waals surface area contributed by atoms with Gasteiger partial charge in [0.2, 0.25) is 0 Å². The van der Waals surface area contributed by atoms with Crippen molar-refractivity contribution < 1.29 is 0 Å². The van der Waals surface area contributed by atoms with Crippen molar-refractivity contribution in [3.8, 4) is 0 Å². The van der Waals surface area contributed by atoms with E-state index in [1.165, 1.54) is 0 Å². The molecule has 0 saturated heterocycles. The van der Waals surface area contributed by atoms with E-state index in [4.69, 9.17) is 23.1 Å². The van der Waals surface area contributed by atoms with Crippen molar-refractivity contribution >= 4 is 28.8 Å². The van der Waals surface area contributed by atoms with Gasteiger partial charge in [0.05, 0.1) is 0 Å². The van der Waals surface area contributed by atoms with Gasteiger partial charge in [0.25, 0.3) is 0 Å². The van der Waals surface area contributed by atoms with Crippen LogP contribution in [0.3, 0.4) is 0 Å². The molecule has 0 spiro atoms. The SMILES string of the molecule is N/C(Cc1ccncc1)=c1/cccc/c1=C(/N)Nc1ccc(Cl)cc1. The molecule has 0 amide bonds. The van der Waals surface area contributed by atoms with E-state index in [-0.39, 0.29) is 0 Å². The smallest absolute Gasteiger partial charge is 0.109 e. The lowest BCUT2D eigenvalue weighted by Crippen LogP contribution is -2.36. The van der Waals surface area contributed by atoms with Crippen molar-refractivity contribution in [2.24, 2.45) is 11.5 Å². The zero-order valence-corrected chi connectivity index (χ0v) is 14.4. The van der Waals surface area contributed by atoms with E-state index in [1.54, 1.807) is 12.4 Å². The van der Waals surface area contributed by atoms with E-state index >= 15 is 0 Å². The molecular weight excluding hydrogens is 332 g/mol. The van der Waals surface area contributed by atoms with Gasteiger partial charge in [-0.25, -0.2) is 0 Å². The molecule has 0 atom stereocenters. The van der Waals surface area contributed by atoms with Gasteiger partial charge in [0.1, 0.15) is 5.82 Å². The van der Waals surface area contributed by atoms with Crippen LogP contribution in [0.5, 0.6) is 0 Å². The van der Waals surface area contributed by atoms with Gasteiger partial charge in [-0.3, -0.25) is 4.98 Å². The summed E-state index contributed by atoms with van der Waals surface area (Å²) in [7, 11) is 0. The Labute approximate surface area is 151 Å². The van der Waals surface area contributed by atoms with Crippen LogP contribution in [0.2, 0.25) is 5.02 Å². The Hall–Kier alpha value is -2.98. The molecule has 126 valence electrons. The van der Waals surface area contributed by atoms with Gasteiger partial charge in [-0.15, -0.1) is 0 Å². The number of hydrogen-bond donors (Lipinski definition) is 3. The van der Waals surface area contributed by atoms with Crippen LogP contribution in [0.4, 0.5) is 5.69 Å². The zero-order chi connectivity index (χ0) is 17.6. The van der Waals surface area contributed by atoms with Crippen LogP contribution in [0.25, 0.3) is 11.5 Å². The van der Waals surface area contributed by atoms with Crippen molar-refractivity contribution in [2.75, 3.05) is 5.32 Å². The van der Waals surface area contributed by atoms with Crippen molar-refractivity contribution in [1.29, 1.82) is 0 Å². The summed E-state index contributed by atoms with van der Waals surface area (Å²) in [5.41, 5.74) is 15.4. The fourth-order valence-corrected chi connectivity index (χ4v) is 2.70. The predicted octanol–water partition coefficient (Wildman–Crippen LogP) is 2.18. The summed E-state index contributed by atoms with van der Waals surface area (Å²) in [5, 5.41) is 5.66. The lowest BCUT2D eigenvalue weighted by atomic mass is 10.1. The van der Waals surface area contributed by atoms with Gasteiger partial charge >= 0.3 is 0 Å². The minimum absolute atomic E-state index is 0.538. The second-order valence-corrected chi connectivity index (χ2v) is 6.09. The van der Waals surface area contributed by atoms with Crippen molar-refractivity contribution in [3.05, 3.63) is 94.1 Å². The van der Waals surface area contributed by atoms with Gasteiger partial charge in [-0.1, -0.05) is 35.9 Å². The molecule has 3 aromatic rings.